The summed E-state index contributed by atoms with van der Waals surface area (Å²) in [7, 11) is 1.37. The average Bonchev–Trinajstić information content (AvgIpc) is 3.15. The first-order valence-electron chi connectivity index (χ1n) is 8.88. The van der Waals surface area contributed by atoms with Gasteiger partial charge in [-0.15, -0.1) is 0 Å². The van der Waals surface area contributed by atoms with Gasteiger partial charge in [0, 0.05) is 44.6 Å². The van der Waals surface area contributed by atoms with Gasteiger partial charge in [-0.1, -0.05) is 6.92 Å². The summed E-state index contributed by atoms with van der Waals surface area (Å²) in [5.74, 6) is -0.299. The van der Waals surface area contributed by atoms with Crippen LogP contribution < -0.4 is 4.90 Å². The van der Waals surface area contributed by atoms with Gasteiger partial charge in [-0.2, -0.15) is 5.10 Å². The largest absolute Gasteiger partial charge is 0.465 e. The lowest BCUT2D eigenvalue weighted by atomic mass is 10.1. The van der Waals surface area contributed by atoms with Crippen molar-refractivity contribution in [2.45, 2.75) is 19.9 Å². The molecule has 7 heteroatoms. The molecule has 0 spiro atoms. The molecule has 0 N–H and O–H groups in total. The number of ether oxygens (including phenoxy) is 1. The van der Waals surface area contributed by atoms with Crippen LogP contribution in [0, 0.1) is 0 Å². The third-order valence-corrected chi connectivity index (χ3v) is 4.59. The van der Waals surface area contributed by atoms with E-state index in [4.69, 9.17) is 4.74 Å². The lowest BCUT2D eigenvalue weighted by Crippen LogP contribution is -2.49. The van der Waals surface area contributed by atoms with Crippen LogP contribution in [0.3, 0.4) is 0 Å². The Kier molecular flexibility index (Phi) is 5.55. The van der Waals surface area contributed by atoms with E-state index >= 15 is 0 Å². The zero-order chi connectivity index (χ0) is 18.5. The number of carbonyl (C=O) groups is 2. The summed E-state index contributed by atoms with van der Waals surface area (Å²) in [5.41, 5.74) is 2.23. The van der Waals surface area contributed by atoms with Gasteiger partial charge in [0.05, 0.1) is 12.7 Å². The minimum atomic E-state index is -0.337. The number of amides is 1. The van der Waals surface area contributed by atoms with Crippen LogP contribution in [0.25, 0.3) is 0 Å². The van der Waals surface area contributed by atoms with E-state index < -0.39 is 0 Å². The fraction of sp³-hybridized carbons (Fsp3) is 0.421. The first-order chi connectivity index (χ1) is 12.6. The maximum absolute atomic E-state index is 12.7. The molecule has 0 unspecified atom stereocenters. The normalized spacial score (nSPS) is 14.4. The molecule has 0 aliphatic carbocycles. The number of hydrogen-bond donors (Lipinski definition) is 0. The highest BCUT2D eigenvalue weighted by Gasteiger charge is 2.24. The molecule has 138 valence electrons. The third-order valence-electron chi connectivity index (χ3n) is 4.59. The van der Waals surface area contributed by atoms with E-state index in [1.165, 1.54) is 7.11 Å². The van der Waals surface area contributed by atoms with Crippen molar-refractivity contribution in [1.82, 2.24) is 14.7 Å². The molecule has 1 fully saturated rings. The fourth-order valence-corrected chi connectivity index (χ4v) is 3.16. The van der Waals surface area contributed by atoms with Crippen molar-refractivity contribution in [2.24, 2.45) is 0 Å². The second-order valence-corrected chi connectivity index (χ2v) is 6.26. The standard InChI is InChI=1S/C19H24N4O3/c1-3-10-23-17(8-9-20-23)18(24)22-13-11-21(12-14-22)16-6-4-15(5-7-16)19(25)26-2/h4-9H,3,10-14H2,1-2H3. The van der Waals surface area contributed by atoms with Gasteiger partial charge in [0.25, 0.3) is 5.91 Å². The maximum atomic E-state index is 12.7. The Morgan fingerprint density at radius 3 is 2.38 bits per heavy atom. The van der Waals surface area contributed by atoms with Gasteiger partial charge >= 0.3 is 5.97 Å². The van der Waals surface area contributed by atoms with Crippen LogP contribution in [0.2, 0.25) is 0 Å². The molecule has 0 saturated carbocycles. The molecule has 2 heterocycles. The molecule has 2 aromatic rings. The Labute approximate surface area is 153 Å². The molecule has 7 nitrogen and oxygen atoms in total. The Bertz CT molecular complexity index is 761. The van der Waals surface area contributed by atoms with Gasteiger partial charge in [0.2, 0.25) is 0 Å². The Morgan fingerprint density at radius 1 is 1.08 bits per heavy atom. The third kappa shape index (κ3) is 3.71. The number of carbonyl (C=O) groups excluding carboxylic acids is 2. The van der Waals surface area contributed by atoms with Gasteiger partial charge in [0.1, 0.15) is 5.69 Å². The topological polar surface area (TPSA) is 67.7 Å². The summed E-state index contributed by atoms with van der Waals surface area (Å²) in [6, 6.07) is 9.15. The summed E-state index contributed by atoms with van der Waals surface area (Å²) < 4.78 is 6.50. The van der Waals surface area contributed by atoms with Gasteiger partial charge < -0.3 is 14.5 Å². The number of hydrogen-bond acceptors (Lipinski definition) is 5. The zero-order valence-electron chi connectivity index (χ0n) is 15.2. The molecule has 1 aromatic heterocycles. The number of nitrogens with zero attached hydrogens (tertiary/aromatic N) is 4. The highest BCUT2D eigenvalue weighted by molar-refractivity contribution is 5.92. The Balaban J connectivity index is 1.61. The second-order valence-electron chi connectivity index (χ2n) is 6.26. The van der Waals surface area contributed by atoms with Crippen LogP contribution in [0.5, 0.6) is 0 Å². The first kappa shape index (κ1) is 18.0. The molecule has 0 radical (unpaired) electrons. The Hall–Kier alpha value is -2.83. The average molecular weight is 356 g/mol. The highest BCUT2D eigenvalue weighted by Crippen LogP contribution is 2.19. The summed E-state index contributed by atoms with van der Waals surface area (Å²) >= 11 is 0. The van der Waals surface area contributed by atoms with Crippen molar-refractivity contribution in [3.05, 3.63) is 47.8 Å². The van der Waals surface area contributed by atoms with Gasteiger partial charge in [-0.25, -0.2) is 4.79 Å². The number of rotatable bonds is 5. The number of methoxy groups -OCH3 is 1. The van der Waals surface area contributed by atoms with Crippen LogP contribution in [0.4, 0.5) is 5.69 Å². The summed E-state index contributed by atoms with van der Waals surface area (Å²) in [4.78, 5) is 28.4. The number of aryl methyl sites for hydroxylation is 1. The monoisotopic (exact) mass is 356 g/mol. The quantitative estimate of drug-likeness (QED) is 0.767. The van der Waals surface area contributed by atoms with Gasteiger partial charge in [0.15, 0.2) is 0 Å². The zero-order valence-corrected chi connectivity index (χ0v) is 15.2. The molecule has 0 atom stereocenters. The molecular weight excluding hydrogens is 332 g/mol. The van der Waals surface area contributed by atoms with E-state index in [1.807, 2.05) is 17.0 Å². The number of esters is 1. The predicted molar refractivity (Wildman–Crippen MR) is 98.4 cm³/mol. The van der Waals surface area contributed by atoms with E-state index in [0.29, 0.717) is 24.3 Å². The minimum absolute atomic E-state index is 0.0386. The van der Waals surface area contributed by atoms with Crippen molar-refractivity contribution >= 4 is 17.6 Å². The van der Waals surface area contributed by atoms with Crippen molar-refractivity contribution in [1.29, 1.82) is 0 Å². The minimum Gasteiger partial charge on any atom is -0.465 e. The number of piperazine rings is 1. The maximum Gasteiger partial charge on any atom is 0.337 e. The Morgan fingerprint density at radius 2 is 1.77 bits per heavy atom. The van der Waals surface area contributed by atoms with E-state index in [1.54, 1.807) is 29.1 Å². The molecule has 1 aliphatic heterocycles. The van der Waals surface area contributed by atoms with Crippen molar-refractivity contribution in [3.63, 3.8) is 0 Å². The molecule has 0 bridgehead atoms. The molecule has 1 saturated heterocycles. The summed E-state index contributed by atoms with van der Waals surface area (Å²) in [5, 5.41) is 4.23. The molecule has 1 amide bonds. The summed E-state index contributed by atoms with van der Waals surface area (Å²) in [6.45, 7) is 5.65. The predicted octanol–water partition coefficient (Wildman–Crippen LogP) is 2.04. The number of anilines is 1. The molecule has 26 heavy (non-hydrogen) atoms. The number of benzene rings is 1. The fourth-order valence-electron chi connectivity index (χ4n) is 3.16. The SMILES string of the molecule is CCCn1nccc1C(=O)N1CCN(c2ccc(C(=O)OC)cc2)CC1. The first-order valence-corrected chi connectivity index (χ1v) is 8.88. The molecule has 3 rings (SSSR count). The summed E-state index contributed by atoms with van der Waals surface area (Å²) in [6.07, 6.45) is 2.62. The van der Waals surface area contributed by atoms with Crippen LogP contribution in [-0.4, -0.2) is 59.8 Å². The second kappa shape index (κ2) is 8.03. The van der Waals surface area contributed by atoms with Crippen molar-refractivity contribution < 1.29 is 14.3 Å². The highest BCUT2D eigenvalue weighted by atomic mass is 16.5. The van der Waals surface area contributed by atoms with Gasteiger partial charge in [-0.05, 0) is 36.8 Å². The lowest BCUT2D eigenvalue weighted by molar-refractivity contribution is 0.0600. The van der Waals surface area contributed by atoms with E-state index in [9.17, 15) is 9.59 Å². The van der Waals surface area contributed by atoms with E-state index in [0.717, 1.165) is 31.7 Å². The molecular formula is C19H24N4O3. The smallest absolute Gasteiger partial charge is 0.337 e. The van der Waals surface area contributed by atoms with E-state index in [-0.39, 0.29) is 11.9 Å². The van der Waals surface area contributed by atoms with E-state index in [2.05, 4.69) is 16.9 Å². The number of aromatic nitrogens is 2. The van der Waals surface area contributed by atoms with Crippen LogP contribution in [0.1, 0.15) is 34.2 Å². The van der Waals surface area contributed by atoms with Gasteiger partial charge in [-0.3, -0.25) is 9.48 Å². The van der Waals surface area contributed by atoms with Crippen LogP contribution >= 0.6 is 0 Å². The van der Waals surface area contributed by atoms with Crippen molar-refractivity contribution in [3.8, 4) is 0 Å². The van der Waals surface area contributed by atoms with Crippen molar-refractivity contribution in [2.75, 3.05) is 38.2 Å². The molecule has 1 aliphatic rings. The van der Waals surface area contributed by atoms with Crippen LogP contribution in [-0.2, 0) is 11.3 Å². The lowest BCUT2D eigenvalue weighted by Gasteiger charge is -2.36. The molecule has 1 aromatic carbocycles. The van der Waals surface area contributed by atoms with Crippen LogP contribution in [0.15, 0.2) is 36.5 Å².